The van der Waals surface area contributed by atoms with E-state index < -0.39 is 23.9 Å². The van der Waals surface area contributed by atoms with Crippen molar-refractivity contribution in [1.82, 2.24) is 0 Å². The Morgan fingerprint density at radius 1 is 1.06 bits per heavy atom. The first-order valence-electron chi connectivity index (χ1n) is 10.6. The van der Waals surface area contributed by atoms with Gasteiger partial charge in [-0.05, 0) is 36.8 Å². The first-order valence-corrected chi connectivity index (χ1v) is 10.6. The molecule has 0 aromatic heterocycles. The maximum atomic E-state index is 13.3. The van der Waals surface area contributed by atoms with Crippen LogP contribution in [0.5, 0.6) is 5.75 Å². The Morgan fingerprint density at radius 3 is 2.55 bits per heavy atom. The SMILES string of the molecule is C=CCOc1cccc2c(N3C(=O)c4ccc(C(=O)OCC(O)CC)cc4C3=O)cccc12. The van der Waals surface area contributed by atoms with Gasteiger partial charge in [-0.15, -0.1) is 0 Å². The highest BCUT2D eigenvalue weighted by atomic mass is 16.5. The summed E-state index contributed by atoms with van der Waals surface area (Å²) in [4.78, 5) is 39.9. The minimum atomic E-state index is -0.756. The molecular formula is C26H23NO6. The largest absolute Gasteiger partial charge is 0.489 e. The molecule has 7 heteroatoms. The molecule has 7 nitrogen and oxygen atoms in total. The molecule has 1 N–H and O–H groups in total. The van der Waals surface area contributed by atoms with Crippen LogP contribution in [0.3, 0.4) is 0 Å². The number of imide groups is 1. The molecule has 1 heterocycles. The molecule has 1 aliphatic rings. The van der Waals surface area contributed by atoms with Crippen molar-refractivity contribution < 1.29 is 29.0 Å². The third-order valence-electron chi connectivity index (χ3n) is 5.46. The summed E-state index contributed by atoms with van der Waals surface area (Å²) in [6.45, 7) is 5.61. The van der Waals surface area contributed by atoms with Gasteiger partial charge in [-0.3, -0.25) is 9.59 Å². The number of aliphatic hydroxyl groups is 1. The molecular weight excluding hydrogens is 422 g/mol. The molecule has 2 amide bonds. The van der Waals surface area contributed by atoms with Crippen LogP contribution in [0.25, 0.3) is 10.8 Å². The lowest BCUT2D eigenvalue weighted by Gasteiger charge is -2.17. The molecule has 0 fully saturated rings. The van der Waals surface area contributed by atoms with Gasteiger partial charge in [-0.1, -0.05) is 43.8 Å². The van der Waals surface area contributed by atoms with Gasteiger partial charge in [-0.25, -0.2) is 9.69 Å². The summed E-state index contributed by atoms with van der Waals surface area (Å²) >= 11 is 0. The second-order valence-corrected chi connectivity index (χ2v) is 7.59. The molecule has 1 aliphatic heterocycles. The first-order chi connectivity index (χ1) is 16.0. The van der Waals surface area contributed by atoms with E-state index in [0.717, 1.165) is 10.3 Å². The van der Waals surface area contributed by atoms with Crippen molar-refractivity contribution in [3.05, 3.63) is 83.9 Å². The fraction of sp³-hybridized carbons (Fsp3) is 0.192. The lowest BCUT2D eigenvalue weighted by molar-refractivity contribution is 0.0250. The average molecular weight is 445 g/mol. The zero-order valence-electron chi connectivity index (χ0n) is 18.1. The predicted molar refractivity (Wildman–Crippen MR) is 124 cm³/mol. The second kappa shape index (κ2) is 9.26. The highest BCUT2D eigenvalue weighted by molar-refractivity contribution is 6.36. The summed E-state index contributed by atoms with van der Waals surface area (Å²) in [5, 5.41) is 11.0. The van der Waals surface area contributed by atoms with Crippen LogP contribution in [-0.2, 0) is 4.74 Å². The van der Waals surface area contributed by atoms with E-state index in [1.807, 2.05) is 18.2 Å². The summed E-state index contributed by atoms with van der Waals surface area (Å²) in [6.07, 6.45) is 1.33. The number of aliphatic hydroxyl groups excluding tert-OH is 1. The number of nitrogens with zero attached hydrogens (tertiary/aromatic N) is 1. The van der Waals surface area contributed by atoms with Crippen LogP contribution in [0.15, 0.2) is 67.3 Å². The Morgan fingerprint density at radius 2 is 1.79 bits per heavy atom. The minimum Gasteiger partial charge on any atom is -0.489 e. The van der Waals surface area contributed by atoms with Crippen LogP contribution in [0.1, 0.15) is 44.4 Å². The minimum absolute atomic E-state index is 0.126. The Balaban J connectivity index is 1.68. The van der Waals surface area contributed by atoms with Crippen molar-refractivity contribution in [3.63, 3.8) is 0 Å². The standard InChI is InChI=1S/C26H23NO6/c1-3-13-32-23-10-6-7-18-19(23)8-5-9-22(18)27-24(29)20-12-11-16(14-21(20)25(27)30)26(31)33-15-17(28)4-2/h3,5-12,14,17,28H,1,4,13,15H2,2H3. The van der Waals surface area contributed by atoms with Crippen molar-refractivity contribution >= 4 is 34.2 Å². The molecule has 3 aromatic rings. The van der Waals surface area contributed by atoms with Crippen LogP contribution < -0.4 is 9.64 Å². The van der Waals surface area contributed by atoms with E-state index in [0.29, 0.717) is 29.9 Å². The van der Waals surface area contributed by atoms with E-state index in [2.05, 4.69) is 6.58 Å². The summed E-state index contributed by atoms with van der Waals surface area (Å²) in [5.74, 6) is -1.05. The van der Waals surface area contributed by atoms with E-state index in [1.54, 1.807) is 31.2 Å². The second-order valence-electron chi connectivity index (χ2n) is 7.59. The van der Waals surface area contributed by atoms with Crippen molar-refractivity contribution in [2.75, 3.05) is 18.1 Å². The molecule has 0 saturated heterocycles. The van der Waals surface area contributed by atoms with Gasteiger partial charge in [0.25, 0.3) is 11.8 Å². The molecule has 0 radical (unpaired) electrons. The smallest absolute Gasteiger partial charge is 0.338 e. The van der Waals surface area contributed by atoms with Gasteiger partial charge in [0, 0.05) is 10.8 Å². The van der Waals surface area contributed by atoms with Gasteiger partial charge in [-0.2, -0.15) is 0 Å². The monoisotopic (exact) mass is 445 g/mol. The average Bonchev–Trinajstić information content (AvgIpc) is 3.09. The highest BCUT2D eigenvalue weighted by Gasteiger charge is 2.38. The lowest BCUT2D eigenvalue weighted by Crippen LogP contribution is -2.29. The summed E-state index contributed by atoms with van der Waals surface area (Å²) in [7, 11) is 0. The number of benzene rings is 3. The lowest BCUT2D eigenvalue weighted by atomic mass is 10.1. The molecule has 0 spiro atoms. The number of fused-ring (bicyclic) bond motifs is 2. The normalized spacial score (nSPS) is 13.7. The number of carbonyl (C=O) groups excluding carboxylic acids is 3. The van der Waals surface area contributed by atoms with Crippen molar-refractivity contribution in [1.29, 1.82) is 0 Å². The van der Waals surface area contributed by atoms with Gasteiger partial charge < -0.3 is 14.6 Å². The predicted octanol–water partition coefficient (Wildman–Crippen LogP) is 4.13. The van der Waals surface area contributed by atoms with E-state index in [-0.39, 0.29) is 23.3 Å². The summed E-state index contributed by atoms with van der Waals surface area (Å²) < 4.78 is 10.8. The number of carbonyl (C=O) groups is 3. The summed E-state index contributed by atoms with van der Waals surface area (Å²) in [5.41, 5.74) is 0.902. The molecule has 1 unspecified atom stereocenters. The zero-order chi connectivity index (χ0) is 23.5. The van der Waals surface area contributed by atoms with E-state index in [9.17, 15) is 19.5 Å². The van der Waals surface area contributed by atoms with E-state index >= 15 is 0 Å². The maximum Gasteiger partial charge on any atom is 0.338 e. The van der Waals surface area contributed by atoms with Crippen molar-refractivity contribution in [3.8, 4) is 5.75 Å². The van der Waals surface area contributed by atoms with E-state index in [1.165, 1.54) is 18.2 Å². The number of rotatable bonds is 8. The highest BCUT2D eigenvalue weighted by Crippen LogP contribution is 2.37. The molecule has 3 aromatic carbocycles. The molecule has 0 bridgehead atoms. The maximum absolute atomic E-state index is 13.3. The first kappa shape index (κ1) is 22.2. The van der Waals surface area contributed by atoms with Gasteiger partial charge >= 0.3 is 5.97 Å². The third kappa shape index (κ3) is 4.10. The Hall–Kier alpha value is -3.97. The van der Waals surface area contributed by atoms with E-state index in [4.69, 9.17) is 9.47 Å². The van der Waals surface area contributed by atoms with Gasteiger partial charge in [0.2, 0.25) is 0 Å². The Labute approximate surface area is 190 Å². The van der Waals surface area contributed by atoms with Crippen LogP contribution >= 0.6 is 0 Å². The van der Waals surface area contributed by atoms with Crippen LogP contribution in [0.4, 0.5) is 5.69 Å². The number of hydrogen-bond acceptors (Lipinski definition) is 6. The fourth-order valence-corrected chi connectivity index (χ4v) is 3.69. The van der Waals surface area contributed by atoms with Gasteiger partial charge in [0.05, 0.1) is 28.5 Å². The Bertz CT molecular complexity index is 1260. The Kier molecular flexibility index (Phi) is 6.24. The summed E-state index contributed by atoms with van der Waals surface area (Å²) in [6, 6.07) is 15.0. The zero-order valence-corrected chi connectivity index (χ0v) is 18.1. The van der Waals surface area contributed by atoms with Crippen LogP contribution in [0.2, 0.25) is 0 Å². The molecule has 1 atom stereocenters. The number of hydrogen-bond donors (Lipinski definition) is 1. The molecule has 0 aliphatic carbocycles. The molecule has 33 heavy (non-hydrogen) atoms. The molecule has 0 saturated carbocycles. The quantitative estimate of drug-likeness (QED) is 0.318. The number of esters is 1. The van der Waals surface area contributed by atoms with Crippen LogP contribution in [-0.4, -0.2) is 42.2 Å². The number of ether oxygens (including phenoxy) is 2. The number of amides is 2. The van der Waals surface area contributed by atoms with Crippen LogP contribution in [0, 0.1) is 0 Å². The van der Waals surface area contributed by atoms with Crippen molar-refractivity contribution in [2.24, 2.45) is 0 Å². The van der Waals surface area contributed by atoms with Crippen molar-refractivity contribution in [2.45, 2.75) is 19.4 Å². The number of anilines is 1. The molecule has 168 valence electrons. The third-order valence-corrected chi connectivity index (χ3v) is 5.46. The van der Waals surface area contributed by atoms with Gasteiger partial charge in [0.15, 0.2) is 0 Å². The van der Waals surface area contributed by atoms with Gasteiger partial charge in [0.1, 0.15) is 19.0 Å². The topological polar surface area (TPSA) is 93.1 Å². The fourth-order valence-electron chi connectivity index (χ4n) is 3.69. The molecule has 4 rings (SSSR count).